The van der Waals surface area contributed by atoms with E-state index in [0.29, 0.717) is 17.5 Å². The number of hydrogen-bond acceptors (Lipinski definition) is 3. The van der Waals surface area contributed by atoms with Gasteiger partial charge in [0.25, 0.3) is 0 Å². The molecule has 0 spiro atoms. The molecule has 242 valence electrons. The third kappa shape index (κ3) is 5.19. The first kappa shape index (κ1) is 29.9. The molecule has 0 aliphatic rings. The van der Waals surface area contributed by atoms with E-state index in [1.165, 1.54) is 48.7 Å². The average molecular weight is 662 g/mol. The van der Waals surface area contributed by atoms with Crippen molar-refractivity contribution in [2.24, 2.45) is 0 Å². The first-order chi connectivity index (χ1) is 25.8. The fourth-order valence-corrected chi connectivity index (χ4v) is 7.53. The summed E-state index contributed by atoms with van der Waals surface area (Å²) in [4.78, 5) is 15.1. The van der Waals surface area contributed by atoms with E-state index in [1.807, 2.05) is 36.4 Å². The van der Waals surface area contributed by atoms with Gasteiger partial charge >= 0.3 is 0 Å². The number of aromatic nitrogens is 3. The van der Waals surface area contributed by atoms with Gasteiger partial charge in [-0.15, -0.1) is 0 Å². The van der Waals surface area contributed by atoms with E-state index < -0.39 is 0 Å². The summed E-state index contributed by atoms with van der Waals surface area (Å²) in [6.45, 7) is 0. The molecule has 10 aromatic rings. The van der Waals surface area contributed by atoms with Crippen LogP contribution in [0.3, 0.4) is 0 Å². The molecule has 9 aromatic carbocycles. The highest BCUT2D eigenvalue weighted by Crippen LogP contribution is 2.40. The van der Waals surface area contributed by atoms with Gasteiger partial charge in [0.2, 0.25) is 0 Å². The van der Waals surface area contributed by atoms with Crippen LogP contribution in [0.15, 0.2) is 188 Å². The first-order valence-electron chi connectivity index (χ1n) is 17.6. The van der Waals surface area contributed by atoms with Crippen LogP contribution in [0.2, 0.25) is 0 Å². The van der Waals surface area contributed by atoms with Crippen LogP contribution in [0.5, 0.6) is 0 Å². The van der Waals surface area contributed by atoms with Crippen molar-refractivity contribution in [1.29, 1.82) is 0 Å². The van der Waals surface area contributed by atoms with Gasteiger partial charge in [0, 0.05) is 16.7 Å². The molecule has 3 heteroatoms. The van der Waals surface area contributed by atoms with Crippen LogP contribution in [0.25, 0.3) is 99.5 Å². The molecule has 0 atom stereocenters. The Hall–Kier alpha value is -6.97. The normalized spacial score (nSPS) is 11.5. The number of hydrogen-bond donors (Lipinski definition) is 0. The fourth-order valence-electron chi connectivity index (χ4n) is 7.53. The highest BCUT2D eigenvalue weighted by atomic mass is 15.0. The third-order valence-electron chi connectivity index (χ3n) is 10.1. The Labute approximate surface area is 301 Å². The van der Waals surface area contributed by atoms with Gasteiger partial charge in [0.05, 0.1) is 0 Å². The van der Waals surface area contributed by atoms with Crippen molar-refractivity contribution in [2.75, 3.05) is 0 Å². The number of benzene rings is 9. The molecule has 0 unspecified atom stereocenters. The minimum absolute atomic E-state index is 0.640. The SMILES string of the molecule is c1ccc(-c2ccc(-c3nc(-c4ccccc4)nc(-c4cccc(-c5ccc6c7ccccc7c7c8ccccc8ccc7c6c5)c4)n3)cc2)cc1. The highest BCUT2D eigenvalue weighted by molar-refractivity contribution is 6.31. The maximum absolute atomic E-state index is 5.07. The van der Waals surface area contributed by atoms with Crippen molar-refractivity contribution in [3.63, 3.8) is 0 Å². The molecule has 0 aliphatic heterocycles. The second-order valence-corrected chi connectivity index (χ2v) is 13.2. The summed E-state index contributed by atoms with van der Waals surface area (Å²) in [5.74, 6) is 1.93. The Morgan fingerprint density at radius 3 is 1.42 bits per heavy atom. The zero-order valence-electron chi connectivity index (χ0n) is 28.2. The van der Waals surface area contributed by atoms with Gasteiger partial charge in [0.1, 0.15) is 0 Å². The number of rotatable bonds is 5. The zero-order valence-corrected chi connectivity index (χ0v) is 28.2. The second kappa shape index (κ2) is 12.4. The fraction of sp³-hybridized carbons (Fsp3) is 0. The van der Waals surface area contributed by atoms with Gasteiger partial charge in [-0.1, -0.05) is 176 Å². The van der Waals surface area contributed by atoms with E-state index in [-0.39, 0.29) is 0 Å². The van der Waals surface area contributed by atoms with Crippen molar-refractivity contribution in [3.05, 3.63) is 188 Å². The third-order valence-corrected chi connectivity index (χ3v) is 10.1. The van der Waals surface area contributed by atoms with E-state index in [0.717, 1.165) is 33.4 Å². The summed E-state index contributed by atoms with van der Waals surface area (Å²) in [5.41, 5.74) is 7.41. The predicted molar refractivity (Wildman–Crippen MR) is 217 cm³/mol. The van der Waals surface area contributed by atoms with Crippen LogP contribution in [0.4, 0.5) is 0 Å². The lowest BCUT2D eigenvalue weighted by atomic mass is 9.89. The molecule has 0 amide bonds. The summed E-state index contributed by atoms with van der Waals surface area (Å²) in [7, 11) is 0. The molecule has 0 saturated carbocycles. The van der Waals surface area contributed by atoms with E-state index in [2.05, 4.69) is 152 Å². The molecule has 1 aromatic heterocycles. The van der Waals surface area contributed by atoms with Crippen LogP contribution in [-0.2, 0) is 0 Å². The quantitative estimate of drug-likeness (QED) is 0.172. The molecule has 0 aliphatic carbocycles. The van der Waals surface area contributed by atoms with Crippen LogP contribution >= 0.6 is 0 Å². The standard InChI is InChI=1S/C49H31N3/c1-3-12-32(13-4-1)33-22-24-36(25-23-33)48-50-47(35-15-5-2-6-16-35)51-49(52-48)39-18-11-17-37(30-39)38-27-28-42-41-20-9-10-21-43(41)46-40-19-8-7-14-34(40)26-29-44(46)45(42)31-38/h1-31H. The topological polar surface area (TPSA) is 38.7 Å². The van der Waals surface area contributed by atoms with Gasteiger partial charge in [-0.3, -0.25) is 0 Å². The van der Waals surface area contributed by atoms with E-state index >= 15 is 0 Å². The molecule has 0 bridgehead atoms. The van der Waals surface area contributed by atoms with Gasteiger partial charge in [-0.05, 0) is 77.5 Å². The van der Waals surface area contributed by atoms with Crippen molar-refractivity contribution in [2.45, 2.75) is 0 Å². The molecule has 0 radical (unpaired) electrons. The van der Waals surface area contributed by atoms with Crippen LogP contribution in [-0.4, -0.2) is 15.0 Å². The van der Waals surface area contributed by atoms with Crippen LogP contribution in [0.1, 0.15) is 0 Å². The Kier molecular flexibility index (Phi) is 7.14. The van der Waals surface area contributed by atoms with E-state index in [9.17, 15) is 0 Å². The van der Waals surface area contributed by atoms with Crippen LogP contribution in [0, 0.1) is 0 Å². The van der Waals surface area contributed by atoms with Crippen molar-refractivity contribution >= 4 is 43.1 Å². The molecule has 0 fully saturated rings. The van der Waals surface area contributed by atoms with Crippen molar-refractivity contribution in [1.82, 2.24) is 15.0 Å². The molecular weight excluding hydrogens is 631 g/mol. The summed E-state index contributed by atoms with van der Waals surface area (Å²) < 4.78 is 0. The summed E-state index contributed by atoms with van der Waals surface area (Å²) in [6, 6.07) is 66.4. The lowest BCUT2D eigenvalue weighted by Gasteiger charge is -2.14. The molecule has 0 N–H and O–H groups in total. The Morgan fingerprint density at radius 2 is 0.673 bits per heavy atom. The zero-order chi connectivity index (χ0) is 34.4. The van der Waals surface area contributed by atoms with Gasteiger partial charge in [-0.2, -0.15) is 0 Å². The predicted octanol–water partition coefficient (Wildman–Crippen LogP) is 12.8. The lowest BCUT2D eigenvalue weighted by molar-refractivity contribution is 1.07. The van der Waals surface area contributed by atoms with E-state index in [1.54, 1.807) is 0 Å². The smallest absolute Gasteiger partial charge is 0.164 e. The maximum Gasteiger partial charge on any atom is 0.164 e. The van der Waals surface area contributed by atoms with Gasteiger partial charge in [-0.25, -0.2) is 15.0 Å². The van der Waals surface area contributed by atoms with Crippen molar-refractivity contribution < 1.29 is 0 Å². The minimum atomic E-state index is 0.640. The molecule has 10 rings (SSSR count). The molecule has 3 nitrogen and oxygen atoms in total. The van der Waals surface area contributed by atoms with Gasteiger partial charge in [0.15, 0.2) is 17.5 Å². The molecule has 1 heterocycles. The Balaban J connectivity index is 1.11. The molecular formula is C49H31N3. The lowest BCUT2D eigenvalue weighted by Crippen LogP contribution is -2.00. The number of nitrogens with zero attached hydrogens (tertiary/aromatic N) is 3. The maximum atomic E-state index is 5.07. The summed E-state index contributed by atoms with van der Waals surface area (Å²) >= 11 is 0. The van der Waals surface area contributed by atoms with E-state index in [4.69, 9.17) is 15.0 Å². The minimum Gasteiger partial charge on any atom is -0.208 e. The monoisotopic (exact) mass is 661 g/mol. The number of fused-ring (bicyclic) bond motifs is 8. The van der Waals surface area contributed by atoms with Crippen LogP contribution < -0.4 is 0 Å². The van der Waals surface area contributed by atoms with Gasteiger partial charge < -0.3 is 0 Å². The largest absolute Gasteiger partial charge is 0.208 e. The highest BCUT2D eigenvalue weighted by Gasteiger charge is 2.15. The summed E-state index contributed by atoms with van der Waals surface area (Å²) in [5, 5.41) is 10.1. The first-order valence-corrected chi connectivity index (χ1v) is 17.6. The molecule has 52 heavy (non-hydrogen) atoms. The summed E-state index contributed by atoms with van der Waals surface area (Å²) in [6.07, 6.45) is 0. The molecule has 0 saturated heterocycles. The average Bonchev–Trinajstić information content (AvgIpc) is 3.24. The Bertz CT molecular complexity index is 2930. The Morgan fingerprint density at radius 1 is 0.231 bits per heavy atom. The van der Waals surface area contributed by atoms with Crippen molar-refractivity contribution in [3.8, 4) is 56.4 Å². The second-order valence-electron chi connectivity index (χ2n) is 13.2.